The predicted molar refractivity (Wildman–Crippen MR) is 75.5 cm³/mol. The van der Waals surface area contributed by atoms with E-state index < -0.39 is 5.97 Å². The van der Waals surface area contributed by atoms with Crippen LogP contribution in [0.3, 0.4) is 0 Å². The van der Waals surface area contributed by atoms with E-state index in [1.165, 1.54) is 0 Å². The lowest BCUT2D eigenvalue weighted by Gasteiger charge is -2.24. The van der Waals surface area contributed by atoms with Crippen LogP contribution in [0, 0.1) is 6.92 Å². The number of carboxylic acids is 1. The summed E-state index contributed by atoms with van der Waals surface area (Å²) in [5.74, 6) is -0.314. The van der Waals surface area contributed by atoms with Gasteiger partial charge < -0.3 is 15.4 Å². The fourth-order valence-corrected chi connectivity index (χ4v) is 2.86. The number of aromatic carboxylic acids is 1. The van der Waals surface area contributed by atoms with E-state index in [1.54, 1.807) is 0 Å². The second kappa shape index (κ2) is 4.76. The predicted octanol–water partition coefficient (Wildman–Crippen LogP) is 2.35. The van der Waals surface area contributed by atoms with E-state index in [9.17, 15) is 9.90 Å². The highest BCUT2D eigenvalue weighted by Crippen LogP contribution is 2.32. The van der Waals surface area contributed by atoms with Crippen molar-refractivity contribution >= 4 is 5.97 Å². The number of nitrogens with two attached hydrogens (primary N) is 1. The summed E-state index contributed by atoms with van der Waals surface area (Å²) in [5.41, 5.74) is 9.07. The molecule has 20 heavy (non-hydrogen) atoms. The Morgan fingerprint density at radius 1 is 1.45 bits per heavy atom. The molecule has 1 aromatic heterocycles. The van der Waals surface area contributed by atoms with Gasteiger partial charge in [-0.25, -0.2) is 9.78 Å². The summed E-state index contributed by atoms with van der Waals surface area (Å²) in [6.45, 7) is 1.99. The molecule has 5 nitrogen and oxygen atoms in total. The molecule has 0 spiro atoms. The summed E-state index contributed by atoms with van der Waals surface area (Å²) in [6, 6.07) is 7.83. The minimum Gasteiger partial charge on any atom is -0.476 e. The molecule has 1 unspecified atom stereocenters. The molecule has 0 saturated heterocycles. The summed E-state index contributed by atoms with van der Waals surface area (Å²) < 4.78 is 1.90. The molecule has 0 aliphatic carbocycles. The molecule has 1 atom stereocenters. The lowest BCUT2D eigenvalue weighted by atomic mass is 10.0. The van der Waals surface area contributed by atoms with Gasteiger partial charge in [0.15, 0.2) is 5.69 Å². The minimum atomic E-state index is -0.984. The van der Waals surface area contributed by atoms with Gasteiger partial charge in [0, 0.05) is 5.56 Å². The van der Waals surface area contributed by atoms with Gasteiger partial charge in [0.1, 0.15) is 5.82 Å². The van der Waals surface area contributed by atoms with E-state index >= 15 is 0 Å². The zero-order valence-electron chi connectivity index (χ0n) is 11.3. The average molecular weight is 271 g/mol. The Balaban J connectivity index is 2.26. The Labute approximate surface area is 117 Å². The van der Waals surface area contributed by atoms with Crippen molar-refractivity contribution in [2.75, 3.05) is 0 Å². The van der Waals surface area contributed by atoms with Gasteiger partial charge in [-0.15, -0.1) is 0 Å². The first-order valence-corrected chi connectivity index (χ1v) is 6.75. The third-order valence-electron chi connectivity index (χ3n) is 3.84. The standard InChI is InChI=1S/C15H17N3O2/c1-9-5-2-3-6-10(9)14-17-13(15(19)20)11-7-4-8-12(16)18(11)14/h2-3,5-6,12H,4,7-8,16H2,1H3,(H,19,20). The fourth-order valence-electron chi connectivity index (χ4n) is 2.86. The second-order valence-corrected chi connectivity index (χ2v) is 5.18. The number of imidazole rings is 1. The van der Waals surface area contributed by atoms with E-state index in [1.807, 2.05) is 35.8 Å². The molecule has 1 aromatic carbocycles. The highest BCUT2D eigenvalue weighted by atomic mass is 16.4. The van der Waals surface area contributed by atoms with Gasteiger partial charge in [0.25, 0.3) is 0 Å². The SMILES string of the molecule is Cc1ccccc1-c1nc(C(=O)O)c2n1C(N)CCC2. The number of aromatic nitrogens is 2. The summed E-state index contributed by atoms with van der Waals surface area (Å²) in [5, 5.41) is 9.34. The molecule has 2 aromatic rings. The van der Waals surface area contributed by atoms with Crippen LogP contribution in [-0.4, -0.2) is 20.6 Å². The van der Waals surface area contributed by atoms with Crippen molar-refractivity contribution in [2.45, 2.75) is 32.4 Å². The summed E-state index contributed by atoms with van der Waals surface area (Å²) >= 11 is 0. The van der Waals surface area contributed by atoms with Crippen LogP contribution in [0.2, 0.25) is 0 Å². The highest BCUT2D eigenvalue weighted by molar-refractivity contribution is 5.88. The Morgan fingerprint density at radius 3 is 2.90 bits per heavy atom. The molecule has 5 heteroatoms. The molecule has 104 valence electrons. The van der Waals surface area contributed by atoms with Crippen LogP contribution in [0.1, 0.15) is 40.8 Å². The van der Waals surface area contributed by atoms with Crippen LogP contribution in [-0.2, 0) is 6.42 Å². The molecule has 2 heterocycles. The van der Waals surface area contributed by atoms with Crippen LogP contribution in [0.25, 0.3) is 11.4 Å². The van der Waals surface area contributed by atoms with E-state index in [4.69, 9.17) is 5.73 Å². The number of carboxylic acid groups (broad SMARTS) is 1. The van der Waals surface area contributed by atoms with Gasteiger partial charge in [0.2, 0.25) is 0 Å². The minimum absolute atomic E-state index is 0.137. The topological polar surface area (TPSA) is 81.1 Å². The first-order chi connectivity index (χ1) is 9.59. The van der Waals surface area contributed by atoms with Crippen molar-refractivity contribution in [1.82, 2.24) is 9.55 Å². The molecular weight excluding hydrogens is 254 g/mol. The van der Waals surface area contributed by atoms with Crippen molar-refractivity contribution in [3.63, 3.8) is 0 Å². The van der Waals surface area contributed by atoms with E-state index in [0.29, 0.717) is 12.2 Å². The lowest BCUT2D eigenvalue weighted by molar-refractivity contribution is 0.0689. The molecule has 0 radical (unpaired) electrons. The number of benzene rings is 1. The van der Waals surface area contributed by atoms with Crippen molar-refractivity contribution in [3.8, 4) is 11.4 Å². The van der Waals surface area contributed by atoms with Gasteiger partial charge >= 0.3 is 5.97 Å². The van der Waals surface area contributed by atoms with Crippen molar-refractivity contribution < 1.29 is 9.90 Å². The smallest absolute Gasteiger partial charge is 0.356 e. The van der Waals surface area contributed by atoms with Crippen LogP contribution in [0.5, 0.6) is 0 Å². The largest absolute Gasteiger partial charge is 0.476 e. The normalized spacial score (nSPS) is 17.8. The van der Waals surface area contributed by atoms with E-state index in [-0.39, 0.29) is 11.9 Å². The maximum absolute atomic E-state index is 11.4. The monoisotopic (exact) mass is 271 g/mol. The zero-order valence-corrected chi connectivity index (χ0v) is 11.3. The number of carbonyl (C=O) groups is 1. The van der Waals surface area contributed by atoms with Gasteiger partial charge in [-0.3, -0.25) is 0 Å². The zero-order chi connectivity index (χ0) is 14.3. The van der Waals surface area contributed by atoms with Gasteiger partial charge in [-0.2, -0.15) is 0 Å². The Morgan fingerprint density at radius 2 is 2.20 bits per heavy atom. The van der Waals surface area contributed by atoms with E-state index in [0.717, 1.165) is 29.7 Å². The first kappa shape index (κ1) is 12.9. The quantitative estimate of drug-likeness (QED) is 0.878. The first-order valence-electron chi connectivity index (χ1n) is 6.75. The number of hydrogen-bond acceptors (Lipinski definition) is 3. The number of fused-ring (bicyclic) bond motifs is 1. The Bertz CT molecular complexity index is 676. The van der Waals surface area contributed by atoms with Crippen LogP contribution in [0.15, 0.2) is 24.3 Å². The number of aryl methyl sites for hydroxylation is 1. The molecule has 0 amide bonds. The number of nitrogens with zero attached hydrogens (tertiary/aromatic N) is 2. The second-order valence-electron chi connectivity index (χ2n) is 5.18. The van der Waals surface area contributed by atoms with Crippen LogP contribution >= 0.6 is 0 Å². The third-order valence-corrected chi connectivity index (χ3v) is 3.84. The Kier molecular flexibility index (Phi) is 3.06. The van der Waals surface area contributed by atoms with Gasteiger partial charge in [-0.05, 0) is 31.7 Å². The molecule has 1 aliphatic heterocycles. The molecule has 0 fully saturated rings. The van der Waals surface area contributed by atoms with Gasteiger partial charge in [-0.1, -0.05) is 24.3 Å². The van der Waals surface area contributed by atoms with Crippen molar-refractivity contribution in [3.05, 3.63) is 41.2 Å². The molecule has 1 aliphatic rings. The third kappa shape index (κ3) is 1.91. The number of rotatable bonds is 2. The maximum atomic E-state index is 11.4. The van der Waals surface area contributed by atoms with E-state index in [2.05, 4.69) is 4.98 Å². The fraction of sp³-hybridized carbons (Fsp3) is 0.333. The number of hydrogen-bond donors (Lipinski definition) is 2. The Hall–Kier alpha value is -2.14. The summed E-state index contributed by atoms with van der Waals surface area (Å²) in [4.78, 5) is 15.7. The molecule has 0 saturated carbocycles. The highest BCUT2D eigenvalue weighted by Gasteiger charge is 2.28. The summed E-state index contributed by atoms with van der Waals surface area (Å²) in [6.07, 6.45) is 2.27. The van der Waals surface area contributed by atoms with Crippen LogP contribution in [0.4, 0.5) is 0 Å². The average Bonchev–Trinajstić information content (AvgIpc) is 2.80. The molecule has 3 rings (SSSR count). The molecule has 0 bridgehead atoms. The molecular formula is C15H17N3O2. The van der Waals surface area contributed by atoms with Crippen molar-refractivity contribution in [2.24, 2.45) is 5.73 Å². The molecule has 3 N–H and O–H groups in total. The van der Waals surface area contributed by atoms with Crippen molar-refractivity contribution in [1.29, 1.82) is 0 Å². The van der Waals surface area contributed by atoms with Gasteiger partial charge in [0.05, 0.1) is 11.9 Å². The summed E-state index contributed by atoms with van der Waals surface area (Å²) in [7, 11) is 0. The lowest BCUT2D eigenvalue weighted by Crippen LogP contribution is -2.26. The maximum Gasteiger partial charge on any atom is 0.356 e. The van der Waals surface area contributed by atoms with Crippen LogP contribution < -0.4 is 5.73 Å².